The maximum atomic E-state index is 11.3. The van der Waals surface area contributed by atoms with E-state index >= 15 is 0 Å². The number of nitrogens with zero attached hydrogens (tertiary/aromatic N) is 4. The molecule has 1 atom stereocenters. The molecule has 7 heteroatoms. The van der Waals surface area contributed by atoms with Gasteiger partial charge in [-0.15, -0.1) is 5.10 Å². The van der Waals surface area contributed by atoms with Gasteiger partial charge in [-0.3, -0.25) is 4.90 Å². The molecule has 1 aromatic heterocycles. The summed E-state index contributed by atoms with van der Waals surface area (Å²) < 4.78 is 7.40. The minimum atomic E-state index is -0.969. The molecule has 21 heavy (non-hydrogen) atoms. The Labute approximate surface area is 122 Å². The molecule has 1 saturated heterocycles. The summed E-state index contributed by atoms with van der Waals surface area (Å²) >= 11 is 0. The summed E-state index contributed by atoms with van der Waals surface area (Å²) in [7, 11) is 0. The van der Waals surface area contributed by atoms with Crippen LogP contribution in [0.25, 0.3) is 11.0 Å². The maximum absolute atomic E-state index is 11.3. The highest BCUT2D eigenvalue weighted by Crippen LogP contribution is 2.18. The van der Waals surface area contributed by atoms with Gasteiger partial charge in [0.1, 0.15) is 11.0 Å². The number of carboxylic acid groups (broad SMARTS) is 1. The van der Waals surface area contributed by atoms with Crippen molar-refractivity contribution in [1.82, 2.24) is 19.9 Å². The predicted octanol–water partition coefficient (Wildman–Crippen LogP) is 0.850. The molecule has 2 aromatic rings. The third kappa shape index (κ3) is 2.74. The Bertz CT molecular complexity index is 655. The number of aromatic carboxylic acids is 1. The van der Waals surface area contributed by atoms with Crippen LogP contribution in [-0.2, 0) is 11.3 Å². The summed E-state index contributed by atoms with van der Waals surface area (Å²) in [6, 6.07) is 5.02. The molecule has 1 unspecified atom stereocenters. The van der Waals surface area contributed by atoms with E-state index in [2.05, 4.69) is 22.1 Å². The van der Waals surface area contributed by atoms with Crippen LogP contribution >= 0.6 is 0 Å². The number of rotatable bonds is 4. The van der Waals surface area contributed by atoms with Gasteiger partial charge in [0.15, 0.2) is 0 Å². The summed E-state index contributed by atoms with van der Waals surface area (Å²) in [6.45, 7) is 6.07. The molecule has 2 heterocycles. The lowest BCUT2D eigenvalue weighted by Crippen LogP contribution is -2.44. The number of ether oxygens (including phenoxy) is 1. The van der Waals surface area contributed by atoms with Gasteiger partial charge >= 0.3 is 5.97 Å². The fourth-order valence-corrected chi connectivity index (χ4v) is 2.70. The minimum absolute atomic E-state index is 0.00505. The Morgan fingerprint density at radius 1 is 1.52 bits per heavy atom. The number of carboxylic acids is 1. The van der Waals surface area contributed by atoms with Crippen LogP contribution < -0.4 is 0 Å². The number of likely N-dealkylation sites (N-methyl/N-ethyl adjacent to an activating group) is 1. The van der Waals surface area contributed by atoms with Crippen molar-refractivity contribution < 1.29 is 14.6 Å². The zero-order valence-corrected chi connectivity index (χ0v) is 11.9. The van der Waals surface area contributed by atoms with E-state index in [1.807, 2.05) is 0 Å². The molecule has 1 fully saturated rings. The standard InChI is InChI=1S/C14H18N4O3/c1-2-17-6-7-21-10(8-17)9-18-13-11(14(19)20)4-3-5-12(13)15-16-18/h3-5,10H,2,6-9H2,1H3,(H,19,20). The lowest BCUT2D eigenvalue weighted by atomic mass is 10.2. The average Bonchev–Trinajstić information content (AvgIpc) is 2.90. The van der Waals surface area contributed by atoms with Crippen molar-refractivity contribution in [3.05, 3.63) is 23.8 Å². The normalized spacial score (nSPS) is 20.0. The van der Waals surface area contributed by atoms with Crippen LogP contribution in [-0.4, -0.2) is 63.3 Å². The van der Waals surface area contributed by atoms with Gasteiger partial charge in [-0.05, 0) is 18.7 Å². The Morgan fingerprint density at radius 3 is 3.14 bits per heavy atom. The quantitative estimate of drug-likeness (QED) is 0.899. The van der Waals surface area contributed by atoms with E-state index in [9.17, 15) is 9.90 Å². The fourth-order valence-electron chi connectivity index (χ4n) is 2.70. The van der Waals surface area contributed by atoms with E-state index in [1.54, 1.807) is 22.9 Å². The Hall–Kier alpha value is -1.99. The molecular weight excluding hydrogens is 272 g/mol. The Kier molecular flexibility index (Phi) is 3.85. The molecule has 7 nitrogen and oxygen atoms in total. The second-order valence-electron chi connectivity index (χ2n) is 5.14. The zero-order valence-electron chi connectivity index (χ0n) is 11.9. The van der Waals surface area contributed by atoms with Crippen molar-refractivity contribution >= 4 is 17.0 Å². The SMILES string of the molecule is CCN1CCOC(Cn2nnc3cccc(C(=O)O)c32)C1. The van der Waals surface area contributed by atoms with E-state index in [-0.39, 0.29) is 11.7 Å². The molecule has 0 bridgehead atoms. The zero-order chi connectivity index (χ0) is 14.8. The molecule has 112 valence electrons. The number of para-hydroxylation sites is 1. The highest BCUT2D eigenvalue weighted by atomic mass is 16.5. The molecule has 3 rings (SSSR count). The van der Waals surface area contributed by atoms with E-state index < -0.39 is 5.97 Å². The number of hydrogen-bond acceptors (Lipinski definition) is 5. The first-order chi connectivity index (χ1) is 10.2. The predicted molar refractivity (Wildman–Crippen MR) is 76.3 cm³/mol. The molecule has 0 amide bonds. The number of benzene rings is 1. The van der Waals surface area contributed by atoms with Crippen LogP contribution in [0, 0.1) is 0 Å². The van der Waals surface area contributed by atoms with Crippen molar-refractivity contribution in [2.45, 2.75) is 19.6 Å². The molecular formula is C14H18N4O3. The first-order valence-corrected chi connectivity index (χ1v) is 7.08. The highest BCUT2D eigenvalue weighted by Gasteiger charge is 2.22. The van der Waals surface area contributed by atoms with Gasteiger partial charge in [0.05, 0.1) is 24.8 Å². The summed E-state index contributed by atoms with van der Waals surface area (Å²) in [5, 5.41) is 17.4. The molecule has 0 spiro atoms. The molecule has 0 aliphatic carbocycles. The van der Waals surface area contributed by atoms with Crippen LogP contribution in [0.1, 0.15) is 17.3 Å². The van der Waals surface area contributed by atoms with Gasteiger partial charge in [-0.2, -0.15) is 0 Å². The van der Waals surface area contributed by atoms with Crippen LogP contribution in [0.3, 0.4) is 0 Å². The second-order valence-corrected chi connectivity index (χ2v) is 5.14. The van der Waals surface area contributed by atoms with Crippen molar-refractivity contribution in [1.29, 1.82) is 0 Å². The van der Waals surface area contributed by atoms with E-state index in [0.29, 0.717) is 24.2 Å². The lowest BCUT2D eigenvalue weighted by molar-refractivity contribution is -0.0354. The largest absolute Gasteiger partial charge is 0.478 e. The van der Waals surface area contributed by atoms with Gasteiger partial charge in [0.2, 0.25) is 0 Å². The van der Waals surface area contributed by atoms with E-state index in [4.69, 9.17) is 4.74 Å². The molecule has 0 radical (unpaired) electrons. The number of fused-ring (bicyclic) bond motifs is 1. The summed E-state index contributed by atoms with van der Waals surface area (Å²) in [4.78, 5) is 13.7. The number of aromatic nitrogens is 3. The van der Waals surface area contributed by atoms with Gasteiger partial charge in [-0.25, -0.2) is 9.48 Å². The first kappa shape index (κ1) is 14.0. The smallest absolute Gasteiger partial charge is 0.337 e. The Balaban J connectivity index is 1.89. The first-order valence-electron chi connectivity index (χ1n) is 7.08. The van der Waals surface area contributed by atoms with Crippen LogP contribution in [0.2, 0.25) is 0 Å². The lowest BCUT2D eigenvalue weighted by Gasteiger charge is -2.31. The molecule has 1 aromatic carbocycles. The van der Waals surface area contributed by atoms with Crippen LogP contribution in [0.15, 0.2) is 18.2 Å². The van der Waals surface area contributed by atoms with E-state index in [1.165, 1.54) is 0 Å². The fraction of sp³-hybridized carbons (Fsp3) is 0.500. The van der Waals surface area contributed by atoms with Gasteiger partial charge in [0.25, 0.3) is 0 Å². The monoisotopic (exact) mass is 290 g/mol. The minimum Gasteiger partial charge on any atom is -0.478 e. The third-order valence-electron chi connectivity index (χ3n) is 3.81. The van der Waals surface area contributed by atoms with Gasteiger partial charge < -0.3 is 9.84 Å². The van der Waals surface area contributed by atoms with Crippen molar-refractivity contribution in [3.63, 3.8) is 0 Å². The Morgan fingerprint density at radius 2 is 2.38 bits per heavy atom. The third-order valence-corrected chi connectivity index (χ3v) is 3.81. The van der Waals surface area contributed by atoms with Crippen molar-refractivity contribution in [2.24, 2.45) is 0 Å². The van der Waals surface area contributed by atoms with Crippen molar-refractivity contribution in [2.75, 3.05) is 26.2 Å². The van der Waals surface area contributed by atoms with Crippen molar-refractivity contribution in [3.8, 4) is 0 Å². The van der Waals surface area contributed by atoms with Gasteiger partial charge in [-0.1, -0.05) is 18.2 Å². The molecule has 0 saturated carbocycles. The van der Waals surface area contributed by atoms with Crippen LogP contribution in [0.5, 0.6) is 0 Å². The number of carbonyl (C=O) groups is 1. The summed E-state index contributed by atoms with van der Waals surface area (Å²) in [5.41, 5.74) is 1.38. The average molecular weight is 290 g/mol. The van der Waals surface area contributed by atoms with Gasteiger partial charge in [0, 0.05) is 13.1 Å². The number of hydrogen-bond donors (Lipinski definition) is 1. The summed E-state index contributed by atoms with van der Waals surface area (Å²) in [6.07, 6.45) is 0.00505. The van der Waals surface area contributed by atoms with Crippen LogP contribution in [0.4, 0.5) is 0 Å². The molecule has 1 N–H and O–H groups in total. The molecule has 1 aliphatic rings. The number of morpholine rings is 1. The summed E-state index contributed by atoms with van der Waals surface area (Å²) in [5.74, 6) is -0.969. The second kappa shape index (κ2) is 5.79. The maximum Gasteiger partial charge on any atom is 0.337 e. The van der Waals surface area contributed by atoms with E-state index in [0.717, 1.165) is 19.6 Å². The molecule has 1 aliphatic heterocycles. The topological polar surface area (TPSA) is 80.5 Å². The highest BCUT2D eigenvalue weighted by molar-refractivity contribution is 6.00.